The average molecular weight is 600 g/mol. The highest BCUT2D eigenvalue weighted by Gasteiger charge is 2.76. The first-order valence-corrected chi connectivity index (χ1v) is 15.5. The Morgan fingerprint density at radius 2 is 2.05 bits per heavy atom. The summed E-state index contributed by atoms with van der Waals surface area (Å²) in [6.45, 7) is 13.0. The lowest BCUT2D eigenvalue weighted by Gasteiger charge is -2.39. The van der Waals surface area contributed by atoms with E-state index in [1.54, 1.807) is 28.8 Å². The minimum absolute atomic E-state index is 0.0197. The van der Waals surface area contributed by atoms with Crippen molar-refractivity contribution in [3.05, 3.63) is 25.3 Å². The van der Waals surface area contributed by atoms with Crippen molar-refractivity contribution in [1.82, 2.24) is 9.80 Å². The number of alkyl halides is 1. The zero-order chi connectivity index (χ0) is 27.2. The van der Waals surface area contributed by atoms with Gasteiger partial charge < -0.3 is 19.6 Å². The number of allylic oxidation sites excluding steroid dienone is 1. The minimum atomic E-state index is -0.667. The molecule has 4 unspecified atom stereocenters. The molecule has 1 N–H and O–H groups in total. The number of ether oxygens (including phenoxy) is 1. The van der Waals surface area contributed by atoms with Crippen LogP contribution in [0.5, 0.6) is 0 Å². The molecule has 7 nitrogen and oxygen atoms in total. The SMILES string of the molecule is C=CCCCOC(=O)[C@H]1[C@H]2C(=O)N(CCCCCO)C(C(=O)N(CC=C)C(C)CCC)C23CC(Br)[C@@H]1S3. The molecule has 3 aliphatic rings. The van der Waals surface area contributed by atoms with Crippen LogP contribution in [-0.2, 0) is 19.1 Å². The van der Waals surface area contributed by atoms with Crippen LogP contribution in [0.25, 0.3) is 0 Å². The van der Waals surface area contributed by atoms with Gasteiger partial charge in [-0.2, -0.15) is 0 Å². The van der Waals surface area contributed by atoms with Gasteiger partial charge in [0.1, 0.15) is 6.04 Å². The van der Waals surface area contributed by atoms with Crippen LogP contribution in [0, 0.1) is 11.8 Å². The van der Waals surface area contributed by atoms with Crippen LogP contribution in [0.2, 0.25) is 0 Å². The van der Waals surface area contributed by atoms with Crippen LogP contribution in [0.4, 0.5) is 0 Å². The van der Waals surface area contributed by atoms with Crippen molar-refractivity contribution in [2.24, 2.45) is 11.8 Å². The predicted molar refractivity (Wildman–Crippen MR) is 152 cm³/mol. The van der Waals surface area contributed by atoms with E-state index in [4.69, 9.17) is 4.74 Å². The van der Waals surface area contributed by atoms with E-state index >= 15 is 0 Å². The van der Waals surface area contributed by atoms with E-state index in [-0.39, 0.29) is 40.5 Å². The fraction of sp³-hybridized carbons (Fsp3) is 0.750. The third-order valence-corrected chi connectivity index (χ3v) is 11.2. The summed E-state index contributed by atoms with van der Waals surface area (Å²) < 4.78 is 4.99. The van der Waals surface area contributed by atoms with Gasteiger partial charge in [0.15, 0.2) is 0 Å². The van der Waals surface area contributed by atoms with Gasteiger partial charge in [-0.05, 0) is 51.9 Å². The number of unbranched alkanes of at least 4 members (excludes halogenated alkanes) is 3. The Morgan fingerprint density at radius 1 is 1.30 bits per heavy atom. The molecule has 3 fully saturated rings. The zero-order valence-corrected chi connectivity index (χ0v) is 24.7. The topological polar surface area (TPSA) is 87.1 Å². The number of thioether (sulfide) groups is 1. The number of halogens is 1. The molecule has 1 spiro atoms. The summed E-state index contributed by atoms with van der Waals surface area (Å²) in [6.07, 6.45) is 9.61. The highest BCUT2D eigenvalue weighted by molar-refractivity contribution is 9.09. The summed E-state index contributed by atoms with van der Waals surface area (Å²) in [5.74, 6) is -1.63. The third kappa shape index (κ3) is 5.98. The van der Waals surface area contributed by atoms with E-state index in [0.29, 0.717) is 45.4 Å². The molecule has 0 saturated carbocycles. The molecule has 3 aliphatic heterocycles. The van der Waals surface area contributed by atoms with E-state index in [1.165, 1.54) is 0 Å². The van der Waals surface area contributed by atoms with E-state index in [2.05, 4.69) is 42.9 Å². The molecule has 9 heteroatoms. The van der Waals surface area contributed by atoms with Gasteiger partial charge in [0, 0.05) is 35.8 Å². The van der Waals surface area contributed by atoms with E-state index in [9.17, 15) is 19.5 Å². The molecular weight excluding hydrogens is 556 g/mol. The summed E-state index contributed by atoms with van der Waals surface area (Å²) in [6, 6.07) is -0.613. The largest absolute Gasteiger partial charge is 0.465 e. The van der Waals surface area contributed by atoms with Crippen LogP contribution < -0.4 is 0 Å². The minimum Gasteiger partial charge on any atom is -0.465 e. The monoisotopic (exact) mass is 598 g/mol. The van der Waals surface area contributed by atoms with Gasteiger partial charge in [0.25, 0.3) is 0 Å². The van der Waals surface area contributed by atoms with Crippen molar-refractivity contribution < 1.29 is 24.2 Å². The quantitative estimate of drug-likeness (QED) is 0.123. The van der Waals surface area contributed by atoms with Gasteiger partial charge in [0.2, 0.25) is 11.8 Å². The molecular formula is C28H43BrN2O5S. The van der Waals surface area contributed by atoms with Crippen LogP contribution >= 0.6 is 27.7 Å². The molecule has 0 aromatic carbocycles. The fourth-order valence-corrected chi connectivity index (χ4v) is 9.94. The van der Waals surface area contributed by atoms with Gasteiger partial charge in [-0.15, -0.1) is 24.9 Å². The molecule has 3 rings (SSSR count). The lowest BCUT2D eigenvalue weighted by atomic mass is 9.71. The second-order valence-electron chi connectivity index (χ2n) is 10.5. The number of hydrogen-bond acceptors (Lipinski definition) is 6. The van der Waals surface area contributed by atoms with Crippen molar-refractivity contribution in [1.29, 1.82) is 0 Å². The van der Waals surface area contributed by atoms with E-state index in [1.807, 2.05) is 4.90 Å². The molecule has 0 aromatic heterocycles. The number of rotatable bonds is 16. The van der Waals surface area contributed by atoms with Gasteiger partial charge in [-0.3, -0.25) is 14.4 Å². The molecule has 0 radical (unpaired) electrons. The number of carbonyl (C=O) groups is 3. The van der Waals surface area contributed by atoms with Crippen LogP contribution in [0.1, 0.15) is 65.2 Å². The maximum atomic E-state index is 14.3. The van der Waals surface area contributed by atoms with Crippen molar-refractivity contribution in [3.63, 3.8) is 0 Å². The van der Waals surface area contributed by atoms with Gasteiger partial charge >= 0.3 is 5.97 Å². The van der Waals surface area contributed by atoms with Gasteiger partial charge in [-0.25, -0.2) is 0 Å². The molecule has 3 heterocycles. The first kappa shape index (κ1) is 30.2. The Bertz CT molecular complexity index is 856. The van der Waals surface area contributed by atoms with Crippen molar-refractivity contribution in [2.45, 2.75) is 92.1 Å². The second kappa shape index (κ2) is 13.7. The Hall–Kier alpha value is -1.32. The molecule has 7 atom stereocenters. The number of amides is 2. The second-order valence-corrected chi connectivity index (χ2v) is 13.2. The van der Waals surface area contributed by atoms with Crippen molar-refractivity contribution in [2.75, 3.05) is 26.3 Å². The lowest BCUT2D eigenvalue weighted by Crippen LogP contribution is -2.57. The summed E-state index contributed by atoms with van der Waals surface area (Å²) in [7, 11) is 0. The predicted octanol–water partition coefficient (Wildman–Crippen LogP) is 4.33. The zero-order valence-electron chi connectivity index (χ0n) is 22.3. The summed E-state index contributed by atoms with van der Waals surface area (Å²) >= 11 is 5.45. The summed E-state index contributed by atoms with van der Waals surface area (Å²) in [4.78, 5) is 45.4. The van der Waals surface area contributed by atoms with E-state index < -0.39 is 22.6 Å². The number of fused-ring (bicyclic) bond motifs is 1. The van der Waals surface area contributed by atoms with Crippen molar-refractivity contribution >= 4 is 45.5 Å². The molecule has 0 aromatic rings. The lowest BCUT2D eigenvalue weighted by molar-refractivity contribution is -0.154. The molecule has 37 heavy (non-hydrogen) atoms. The number of nitrogens with zero attached hydrogens (tertiary/aromatic N) is 2. The van der Waals surface area contributed by atoms with E-state index in [0.717, 1.165) is 25.7 Å². The highest BCUT2D eigenvalue weighted by Crippen LogP contribution is 2.68. The first-order valence-electron chi connectivity index (χ1n) is 13.7. The Kier molecular flexibility index (Phi) is 11.2. The standard InChI is InChI=1S/C28H43BrN2O5S/c1-5-8-12-17-36-27(35)21-22-25(33)31(15-10-9-11-16-32)24(28(22)18-20(29)23(21)37-28)26(34)30(14-7-3)19(4)13-6-2/h5,7,19-24,32H,1,3,6,8-18H2,2,4H3/t19?,20?,21-,22-,23-,24?,28?/m0/s1. The van der Waals surface area contributed by atoms with Gasteiger partial charge in [-0.1, -0.05) is 41.4 Å². The Labute approximate surface area is 234 Å². The Balaban J connectivity index is 1.96. The van der Waals surface area contributed by atoms with Crippen molar-refractivity contribution in [3.8, 4) is 0 Å². The maximum Gasteiger partial charge on any atom is 0.310 e. The number of hydrogen-bond donors (Lipinski definition) is 1. The number of aliphatic hydroxyl groups excluding tert-OH is 1. The molecule has 208 valence electrons. The first-order chi connectivity index (χ1) is 17.8. The number of aliphatic hydroxyl groups is 1. The number of likely N-dealkylation sites (tertiary alicyclic amines) is 1. The third-order valence-electron chi connectivity index (χ3n) is 8.00. The molecule has 2 amide bonds. The fourth-order valence-electron chi connectivity index (χ4n) is 6.34. The molecule has 0 aliphatic carbocycles. The van der Waals surface area contributed by atoms with Crippen LogP contribution in [0.3, 0.4) is 0 Å². The number of esters is 1. The Morgan fingerprint density at radius 3 is 2.70 bits per heavy atom. The molecule has 3 saturated heterocycles. The average Bonchev–Trinajstić information content (AvgIpc) is 3.46. The smallest absolute Gasteiger partial charge is 0.310 e. The summed E-state index contributed by atoms with van der Waals surface area (Å²) in [5, 5.41) is 9.12. The number of carbonyl (C=O) groups excluding carboxylic acids is 3. The highest BCUT2D eigenvalue weighted by atomic mass is 79.9. The van der Waals surface area contributed by atoms with Crippen LogP contribution in [-0.4, -0.2) is 85.9 Å². The van der Waals surface area contributed by atoms with Gasteiger partial charge in [0.05, 0.1) is 23.2 Å². The normalized spacial score (nSPS) is 30.8. The summed E-state index contributed by atoms with van der Waals surface area (Å²) in [5.41, 5.74) is 0. The maximum absolute atomic E-state index is 14.3. The van der Waals surface area contributed by atoms with Crippen LogP contribution in [0.15, 0.2) is 25.3 Å². The molecule has 2 bridgehead atoms.